The predicted octanol–water partition coefficient (Wildman–Crippen LogP) is 3.47. The van der Waals surface area contributed by atoms with Crippen molar-refractivity contribution < 1.29 is 14.0 Å². The van der Waals surface area contributed by atoms with Crippen molar-refractivity contribution in [3.63, 3.8) is 0 Å². The first-order valence-electron chi connectivity index (χ1n) is 8.99. The van der Waals surface area contributed by atoms with Gasteiger partial charge in [0.15, 0.2) is 0 Å². The molecule has 1 fully saturated rings. The quantitative estimate of drug-likeness (QED) is 0.810. The Balaban J connectivity index is 1.50. The van der Waals surface area contributed by atoms with Gasteiger partial charge in [0.2, 0.25) is 11.8 Å². The molecule has 0 spiro atoms. The van der Waals surface area contributed by atoms with Gasteiger partial charge in [0.1, 0.15) is 5.76 Å². The van der Waals surface area contributed by atoms with Crippen molar-refractivity contribution in [1.29, 1.82) is 0 Å². The summed E-state index contributed by atoms with van der Waals surface area (Å²) in [4.78, 5) is 26.4. The lowest BCUT2D eigenvalue weighted by molar-refractivity contribution is -0.132. The molecule has 0 aliphatic carbocycles. The molecule has 1 unspecified atom stereocenters. The Bertz CT molecular complexity index is 780. The number of hydrogen-bond donors (Lipinski definition) is 1. The lowest BCUT2D eigenvalue weighted by Gasteiger charge is -2.26. The third-order valence-electron chi connectivity index (χ3n) is 4.70. The molecule has 2 aromatic rings. The molecule has 1 N–H and O–H groups in total. The second-order valence-corrected chi connectivity index (χ2v) is 6.49. The van der Waals surface area contributed by atoms with Gasteiger partial charge in [-0.25, -0.2) is 0 Å². The van der Waals surface area contributed by atoms with E-state index in [1.165, 1.54) is 17.2 Å². The molecule has 1 atom stereocenters. The molecular formula is C21H24N2O3. The SMILES string of the molecule is Cc1ccccc1C1CCCN1C(=O)CCNC(=O)/C=C/c1ccco1. The van der Waals surface area contributed by atoms with Gasteiger partial charge in [-0.05, 0) is 49.1 Å². The van der Waals surface area contributed by atoms with Crippen LogP contribution in [0.3, 0.4) is 0 Å². The number of carbonyl (C=O) groups is 2. The van der Waals surface area contributed by atoms with E-state index in [4.69, 9.17) is 4.42 Å². The minimum absolute atomic E-state index is 0.0890. The van der Waals surface area contributed by atoms with E-state index in [0.29, 0.717) is 18.7 Å². The Morgan fingerprint density at radius 3 is 2.88 bits per heavy atom. The van der Waals surface area contributed by atoms with Crippen LogP contribution in [-0.4, -0.2) is 29.8 Å². The summed E-state index contributed by atoms with van der Waals surface area (Å²) in [6.07, 6.45) is 6.89. The van der Waals surface area contributed by atoms with Crippen LogP contribution >= 0.6 is 0 Å². The molecule has 1 aromatic carbocycles. The van der Waals surface area contributed by atoms with Crippen LogP contribution < -0.4 is 5.32 Å². The minimum atomic E-state index is -0.230. The number of aryl methyl sites for hydroxylation is 1. The summed E-state index contributed by atoms with van der Waals surface area (Å²) >= 11 is 0. The lowest BCUT2D eigenvalue weighted by Crippen LogP contribution is -2.34. The van der Waals surface area contributed by atoms with Crippen LogP contribution in [0, 0.1) is 6.92 Å². The number of amides is 2. The van der Waals surface area contributed by atoms with E-state index >= 15 is 0 Å². The van der Waals surface area contributed by atoms with E-state index in [9.17, 15) is 9.59 Å². The highest BCUT2D eigenvalue weighted by Crippen LogP contribution is 2.33. The largest absolute Gasteiger partial charge is 0.465 e. The van der Waals surface area contributed by atoms with E-state index in [-0.39, 0.29) is 17.9 Å². The van der Waals surface area contributed by atoms with E-state index in [1.807, 2.05) is 17.0 Å². The number of benzene rings is 1. The van der Waals surface area contributed by atoms with Crippen LogP contribution in [-0.2, 0) is 9.59 Å². The van der Waals surface area contributed by atoms with Crippen molar-refractivity contribution in [2.45, 2.75) is 32.2 Å². The zero-order chi connectivity index (χ0) is 18.4. The van der Waals surface area contributed by atoms with Crippen molar-refractivity contribution in [3.05, 3.63) is 65.6 Å². The molecule has 0 radical (unpaired) electrons. The summed E-state index contributed by atoms with van der Waals surface area (Å²) in [6.45, 7) is 3.20. The molecule has 5 heteroatoms. The first-order valence-corrected chi connectivity index (χ1v) is 8.99. The average molecular weight is 352 g/mol. The zero-order valence-corrected chi connectivity index (χ0v) is 15.0. The Labute approximate surface area is 153 Å². The van der Waals surface area contributed by atoms with Crippen LogP contribution in [0.2, 0.25) is 0 Å². The van der Waals surface area contributed by atoms with Gasteiger partial charge in [-0.3, -0.25) is 9.59 Å². The summed E-state index contributed by atoms with van der Waals surface area (Å²) in [5.74, 6) is 0.478. The van der Waals surface area contributed by atoms with Gasteiger partial charge < -0.3 is 14.6 Å². The van der Waals surface area contributed by atoms with Crippen LogP contribution in [0.25, 0.3) is 6.08 Å². The van der Waals surface area contributed by atoms with Crippen molar-refractivity contribution in [3.8, 4) is 0 Å². The van der Waals surface area contributed by atoms with Gasteiger partial charge in [0.25, 0.3) is 0 Å². The number of nitrogens with zero attached hydrogens (tertiary/aromatic N) is 1. The van der Waals surface area contributed by atoms with Crippen molar-refractivity contribution in [1.82, 2.24) is 10.2 Å². The van der Waals surface area contributed by atoms with Crippen LogP contribution in [0.1, 0.15) is 42.2 Å². The Morgan fingerprint density at radius 2 is 2.12 bits per heavy atom. The number of nitrogens with one attached hydrogen (secondary N) is 1. The smallest absolute Gasteiger partial charge is 0.244 e. The summed E-state index contributed by atoms with van der Waals surface area (Å²) in [6, 6.07) is 11.9. The molecule has 0 saturated carbocycles. The molecule has 5 nitrogen and oxygen atoms in total. The van der Waals surface area contributed by atoms with Crippen molar-refractivity contribution in [2.24, 2.45) is 0 Å². The summed E-state index contributed by atoms with van der Waals surface area (Å²) in [5, 5.41) is 2.75. The monoisotopic (exact) mass is 352 g/mol. The maximum Gasteiger partial charge on any atom is 0.244 e. The van der Waals surface area contributed by atoms with Gasteiger partial charge in [0, 0.05) is 25.6 Å². The molecule has 136 valence electrons. The first-order chi connectivity index (χ1) is 12.6. The Morgan fingerprint density at radius 1 is 1.27 bits per heavy atom. The fraction of sp³-hybridized carbons (Fsp3) is 0.333. The molecule has 3 rings (SSSR count). The van der Waals surface area contributed by atoms with Crippen molar-refractivity contribution in [2.75, 3.05) is 13.1 Å². The fourth-order valence-electron chi connectivity index (χ4n) is 3.39. The van der Waals surface area contributed by atoms with Crippen LogP contribution in [0.4, 0.5) is 0 Å². The maximum atomic E-state index is 12.6. The highest BCUT2D eigenvalue weighted by atomic mass is 16.3. The molecule has 1 aromatic heterocycles. The number of furan rings is 1. The highest BCUT2D eigenvalue weighted by molar-refractivity contribution is 5.91. The number of carbonyl (C=O) groups excluding carboxylic acids is 2. The summed E-state index contributed by atoms with van der Waals surface area (Å²) in [5.41, 5.74) is 2.44. The molecule has 1 aliphatic rings. The molecule has 2 amide bonds. The van der Waals surface area contributed by atoms with Gasteiger partial charge >= 0.3 is 0 Å². The third kappa shape index (κ3) is 4.42. The fourth-order valence-corrected chi connectivity index (χ4v) is 3.39. The van der Waals surface area contributed by atoms with Gasteiger partial charge in [-0.1, -0.05) is 24.3 Å². The standard InChI is InChI=1S/C21H24N2O3/c1-16-6-2-3-8-18(16)19-9-4-14-23(19)21(25)12-13-22-20(24)11-10-17-7-5-15-26-17/h2-3,5-8,10-11,15,19H,4,9,12-14H2,1H3,(H,22,24)/b11-10+. The van der Waals surface area contributed by atoms with Gasteiger partial charge in [-0.2, -0.15) is 0 Å². The first kappa shape index (κ1) is 18.0. The Hall–Kier alpha value is -2.82. The number of hydrogen-bond acceptors (Lipinski definition) is 3. The topological polar surface area (TPSA) is 62.6 Å². The van der Waals surface area contributed by atoms with E-state index in [0.717, 1.165) is 19.4 Å². The van der Waals surface area contributed by atoms with E-state index in [1.54, 1.807) is 24.5 Å². The van der Waals surface area contributed by atoms with Crippen LogP contribution in [0.15, 0.2) is 53.2 Å². The lowest BCUT2D eigenvalue weighted by atomic mass is 9.99. The van der Waals surface area contributed by atoms with Gasteiger partial charge in [-0.15, -0.1) is 0 Å². The maximum absolute atomic E-state index is 12.6. The molecule has 2 heterocycles. The molecule has 0 bridgehead atoms. The summed E-state index contributed by atoms with van der Waals surface area (Å²) < 4.78 is 5.13. The van der Waals surface area contributed by atoms with Gasteiger partial charge in [0.05, 0.1) is 12.3 Å². The third-order valence-corrected chi connectivity index (χ3v) is 4.70. The average Bonchev–Trinajstić information content (AvgIpc) is 3.32. The predicted molar refractivity (Wildman–Crippen MR) is 100 cm³/mol. The molecule has 1 aliphatic heterocycles. The molecule has 26 heavy (non-hydrogen) atoms. The Kier molecular flexibility index (Phi) is 5.89. The van der Waals surface area contributed by atoms with E-state index in [2.05, 4.69) is 24.4 Å². The second-order valence-electron chi connectivity index (χ2n) is 6.49. The van der Waals surface area contributed by atoms with Crippen molar-refractivity contribution >= 4 is 17.9 Å². The molecular weight excluding hydrogens is 328 g/mol. The normalized spacial score (nSPS) is 17.0. The van der Waals surface area contributed by atoms with Crippen LogP contribution in [0.5, 0.6) is 0 Å². The second kappa shape index (κ2) is 8.52. The minimum Gasteiger partial charge on any atom is -0.465 e. The number of likely N-dealkylation sites (tertiary alicyclic amines) is 1. The zero-order valence-electron chi connectivity index (χ0n) is 15.0. The molecule has 1 saturated heterocycles. The van der Waals surface area contributed by atoms with E-state index < -0.39 is 0 Å². The summed E-state index contributed by atoms with van der Waals surface area (Å²) in [7, 11) is 0. The highest BCUT2D eigenvalue weighted by Gasteiger charge is 2.30. The number of rotatable bonds is 6.